The van der Waals surface area contributed by atoms with Gasteiger partial charge in [0.05, 0.1) is 0 Å². The minimum Gasteiger partial charge on any atom is -0.347 e. The first-order chi connectivity index (χ1) is 10.9. The van der Waals surface area contributed by atoms with Crippen LogP contribution in [0, 0.1) is 6.92 Å². The lowest BCUT2D eigenvalue weighted by Crippen LogP contribution is -2.49. The molecule has 0 fully saturated rings. The number of carbonyl (C=O) groups is 2. The van der Waals surface area contributed by atoms with Crippen LogP contribution in [0.1, 0.15) is 42.1 Å². The van der Waals surface area contributed by atoms with E-state index in [1.54, 1.807) is 23.9 Å². The van der Waals surface area contributed by atoms with Crippen molar-refractivity contribution in [2.45, 2.75) is 39.2 Å². The van der Waals surface area contributed by atoms with Crippen LogP contribution in [0.3, 0.4) is 0 Å². The van der Waals surface area contributed by atoms with Crippen molar-refractivity contribution < 1.29 is 9.59 Å². The lowest BCUT2D eigenvalue weighted by atomic mass is 10.0. The van der Waals surface area contributed by atoms with Gasteiger partial charge >= 0.3 is 0 Å². The van der Waals surface area contributed by atoms with Gasteiger partial charge in [0.2, 0.25) is 5.91 Å². The summed E-state index contributed by atoms with van der Waals surface area (Å²) >= 11 is 0. The molecule has 0 aromatic heterocycles. The summed E-state index contributed by atoms with van der Waals surface area (Å²) in [6.07, 6.45) is 4.54. The third kappa shape index (κ3) is 4.21. The van der Waals surface area contributed by atoms with Gasteiger partial charge < -0.3 is 9.80 Å². The van der Waals surface area contributed by atoms with Gasteiger partial charge in [-0.1, -0.05) is 29.3 Å². The molecular formula is C19H26N2O2. The average Bonchev–Trinajstić information content (AvgIpc) is 2.50. The summed E-state index contributed by atoms with van der Waals surface area (Å²) in [5.74, 6) is -0.0745. The number of likely N-dealkylation sites (N-methyl/N-ethyl adjacent to an activating group) is 1. The van der Waals surface area contributed by atoms with Crippen molar-refractivity contribution in [2.24, 2.45) is 0 Å². The number of allylic oxidation sites excluding steroid dienone is 1. The Labute approximate surface area is 138 Å². The smallest absolute Gasteiger partial charge is 0.254 e. The van der Waals surface area contributed by atoms with Crippen LogP contribution in [0.5, 0.6) is 0 Å². The summed E-state index contributed by atoms with van der Waals surface area (Å²) in [6, 6.07) is 7.13. The molecule has 124 valence electrons. The third-order valence-electron chi connectivity index (χ3n) is 4.32. The van der Waals surface area contributed by atoms with Crippen molar-refractivity contribution in [1.82, 2.24) is 9.80 Å². The van der Waals surface area contributed by atoms with Crippen molar-refractivity contribution in [3.63, 3.8) is 0 Å². The van der Waals surface area contributed by atoms with Crippen molar-refractivity contribution in [2.75, 3.05) is 20.6 Å². The number of rotatable bonds is 2. The minimum absolute atomic E-state index is 0.0172. The van der Waals surface area contributed by atoms with Crippen molar-refractivity contribution in [3.8, 4) is 0 Å². The van der Waals surface area contributed by atoms with E-state index in [-0.39, 0.29) is 11.8 Å². The van der Waals surface area contributed by atoms with E-state index in [0.717, 1.165) is 18.4 Å². The summed E-state index contributed by atoms with van der Waals surface area (Å²) in [5, 5.41) is 0. The van der Waals surface area contributed by atoms with Crippen LogP contribution >= 0.6 is 0 Å². The molecule has 0 radical (unpaired) electrons. The van der Waals surface area contributed by atoms with E-state index in [4.69, 9.17) is 0 Å². The number of benzene rings is 1. The van der Waals surface area contributed by atoms with Gasteiger partial charge in [0, 0.05) is 26.2 Å². The molecule has 4 heteroatoms. The molecule has 1 aliphatic rings. The van der Waals surface area contributed by atoms with Crippen LogP contribution in [0.4, 0.5) is 0 Å². The molecule has 0 N–H and O–H groups in total. The van der Waals surface area contributed by atoms with Crippen LogP contribution < -0.4 is 0 Å². The molecule has 0 bridgehead atoms. The molecule has 1 unspecified atom stereocenters. The van der Waals surface area contributed by atoms with E-state index in [9.17, 15) is 9.59 Å². The zero-order valence-corrected chi connectivity index (χ0v) is 14.5. The summed E-state index contributed by atoms with van der Waals surface area (Å²) in [5.41, 5.74) is 3.06. The van der Waals surface area contributed by atoms with Crippen LogP contribution in [0.2, 0.25) is 0 Å². The van der Waals surface area contributed by atoms with Crippen LogP contribution in [0.15, 0.2) is 35.9 Å². The van der Waals surface area contributed by atoms with E-state index < -0.39 is 6.04 Å². The van der Waals surface area contributed by atoms with E-state index in [1.807, 2.05) is 31.2 Å². The molecule has 2 rings (SSSR count). The Morgan fingerprint density at radius 2 is 1.78 bits per heavy atom. The van der Waals surface area contributed by atoms with E-state index >= 15 is 0 Å². The lowest BCUT2D eigenvalue weighted by Gasteiger charge is -2.33. The molecule has 4 nitrogen and oxygen atoms in total. The zero-order valence-electron chi connectivity index (χ0n) is 14.5. The maximum atomic E-state index is 12.9. The second-order valence-electron chi connectivity index (χ2n) is 6.50. The molecule has 1 aliphatic heterocycles. The number of nitrogens with zero attached hydrogens (tertiary/aromatic N) is 2. The Hall–Kier alpha value is -2.10. The van der Waals surface area contributed by atoms with Gasteiger partial charge in [0.15, 0.2) is 0 Å². The van der Waals surface area contributed by atoms with Crippen LogP contribution in [-0.2, 0) is 4.79 Å². The molecule has 0 saturated heterocycles. The fraction of sp³-hybridized carbons (Fsp3) is 0.474. The number of aryl methyl sites for hydroxylation is 1. The summed E-state index contributed by atoms with van der Waals surface area (Å²) in [6.45, 7) is 4.70. The summed E-state index contributed by atoms with van der Waals surface area (Å²) in [4.78, 5) is 28.8. The van der Waals surface area contributed by atoms with Crippen LogP contribution in [-0.4, -0.2) is 48.3 Å². The highest BCUT2D eigenvalue weighted by atomic mass is 16.2. The quantitative estimate of drug-likeness (QED) is 0.787. The Morgan fingerprint density at radius 3 is 2.39 bits per heavy atom. The predicted octanol–water partition coefficient (Wildman–Crippen LogP) is 3.02. The standard InChI is InChI=1S/C19H26N2O2/c1-14-6-5-13-21(17(12-9-14)19(23)20(3)4)18(22)16-10-7-15(2)8-11-16/h7-11,17H,5-6,12-13H2,1-4H3. The summed E-state index contributed by atoms with van der Waals surface area (Å²) in [7, 11) is 3.48. The van der Waals surface area contributed by atoms with E-state index in [1.165, 1.54) is 5.57 Å². The molecule has 2 amide bonds. The van der Waals surface area contributed by atoms with Crippen molar-refractivity contribution in [3.05, 3.63) is 47.0 Å². The first kappa shape index (κ1) is 17.3. The lowest BCUT2D eigenvalue weighted by molar-refractivity contribution is -0.133. The molecule has 1 aromatic rings. The van der Waals surface area contributed by atoms with E-state index in [0.29, 0.717) is 18.5 Å². The number of hydrogen-bond acceptors (Lipinski definition) is 2. The normalized spacial score (nSPS) is 18.7. The number of carbonyl (C=O) groups excluding carboxylic acids is 2. The van der Waals surface area contributed by atoms with Gasteiger partial charge in [-0.25, -0.2) is 0 Å². The van der Waals surface area contributed by atoms with E-state index in [2.05, 4.69) is 13.0 Å². The highest BCUT2D eigenvalue weighted by Crippen LogP contribution is 2.20. The summed E-state index contributed by atoms with van der Waals surface area (Å²) < 4.78 is 0. The van der Waals surface area contributed by atoms with Gasteiger partial charge in [-0.2, -0.15) is 0 Å². The minimum atomic E-state index is -0.422. The molecule has 23 heavy (non-hydrogen) atoms. The number of amides is 2. The fourth-order valence-electron chi connectivity index (χ4n) is 2.86. The topological polar surface area (TPSA) is 40.6 Å². The largest absolute Gasteiger partial charge is 0.347 e. The Kier molecular flexibility index (Phi) is 5.59. The predicted molar refractivity (Wildman–Crippen MR) is 92.3 cm³/mol. The van der Waals surface area contributed by atoms with Gasteiger partial charge in [0.1, 0.15) is 6.04 Å². The second-order valence-corrected chi connectivity index (χ2v) is 6.50. The SMILES string of the molecule is CC1=CCC(C(=O)N(C)C)N(C(=O)c2ccc(C)cc2)CCC1. The Bertz CT molecular complexity index is 602. The number of hydrogen-bond donors (Lipinski definition) is 0. The molecular weight excluding hydrogens is 288 g/mol. The van der Waals surface area contributed by atoms with Crippen molar-refractivity contribution >= 4 is 11.8 Å². The molecule has 1 aromatic carbocycles. The highest BCUT2D eigenvalue weighted by molar-refractivity contribution is 5.97. The fourth-order valence-corrected chi connectivity index (χ4v) is 2.86. The first-order valence-electron chi connectivity index (χ1n) is 8.14. The Morgan fingerprint density at radius 1 is 1.13 bits per heavy atom. The maximum Gasteiger partial charge on any atom is 0.254 e. The second kappa shape index (κ2) is 7.44. The first-order valence-corrected chi connectivity index (χ1v) is 8.14. The van der Waals surface area contributed by atoms with Gasteiger partial charge in [-0.15, -0.1) is 0 Å². The van der Waals surface area contributed by atoms with Crippen molar-refractivity contribution in [1.29, 1.82) is 0 Å². The zero-order chi connectivity index (χ0) is 17.0. The molecule has 1 heterocycles. The molecule has 0 spiro atoms. The van der Waals surface area contributed by atoms with Crippen LogP contribution in [0.25, 0.3) is 0 Å². The average molecular weight is 314 g/mol. The molecule has 0 aliphatic carbocycles. The maximum absolute atomic E-state index is 12.9. The third-order valence-corrected chi connectivity index (χ3v) is 4.32. The molecule has 0 saturated carbocycles. The monoisotopic (exact) mass is 314 g/mol. The highest BCUT2D eigenvalue weighted by Gasteiger charge is 2.31. The van der Waals surface area contributed by atoms with Gasteiger partial charge in [-0.3, -0.25) is 9.59 Å². The Balaban J connectivity index is 2.32. The van der Waals surface area contributed by atoms with Gasteiger partial charge in [-0.05, 0) is 45.2 Å². The molecule has 1 atom stereocenters. The van der Waals surface area contributed by atoms with Gasteiger partial charge in [0.25, 0.3) is 5.91 Å².